The molecular formula is C29H25NO6. The van der Waals surface area contributed by atoms with Gasteiger partial charge in [-0.2, -0.15) is 0 Å². The predicted octanol–water partition coefficient (Wildman–Crippen LogP) is 4.64. The summed E-state index contributed by atoms with van der Waals surface area (Å²) in [5, 5.41) is 11.3. The monoisotopic (exact) mass is 483 g/mol. The number of aliphatic hydroxyl groups excluding tert-OH is 1. The van der Waals surface area contributed by atoms with Crippen LogP contribution in [-0.4, -0.2) is 41.5 Å². The fourth-order valence-electron chi connectivity index (χ4n) is 4.42. The Morgan fingerprint density at radius 2 is 1.72 bits per heavy atom. The van der Waals surface area contributed by atoms with E-state index in [0.29, 0.717) is 48.2 Å². The highest BCUT2D eigenvalue weighted by Crippen LogP contribution is 2.42. The number of ketones is 1. The van der Waals surface area contributed by atoms with Crippen LogP contribution >= 0.6 is 0 Å². The lowest BCUT2D eigenvalue weighted by Crippen LogP contribution is -2.29. The number of benzene rings is 3. The van der Waals surface area contributed by atoms with Gasteiger partial charge in [-0.1, -0.05) is 55.1 Å². The molecule has 0 bridgehead atoms. The molecule has 1 fully saturated rings. The van der Waals surface area contributed by atoms with Gasteiger partial charge in [0.2, 0.25) is 0 Å². The Hall–Kier alpha value is -4.52. The smallest absolute Gasteiger partial charge is 0.295 e. The van der Waals surface area contributed by atoms with Crippen LogP contribution in [0.15, 0.2) is 91.0 Å². The molecule has 7 nitrogen and oxygen atoms in total. The van der Waals surface area contributed by atoms with E-state index in [1.807, 2.05) is 30.3 Å². The third-order valence-corrected chi connectivity index (χ3v) is 6.12. The molecule has 1 saturated heterocycles. The molecule has 0 spiro atoms. The molecule has 2 aliphatic heterocycles. The molecule has 7 heteroatoms. The van der Waals surface area contributed by atoms with Crippen LogP contribution in [0.2, 0.25) is 0 Å². The molecule has 0 saturated carbocycles. The van der Waals surface area contributed by atoms with Gasteiger partial charge in [0.25, 0.3) is 11.7 Å². The van der Waals surface area contributed by atoms with Crippen molar-refractivity contribution in [2.75, 3.05) is 19.8 Å². The average Bonchev–Trinajstić information content (AvgIpc) is 3.17. The van der Waals surface area contributed by atoms with Gasteiger partial charge in [-0.05, 0) is 41.5 Å². The Kier molecular flexibility index (Phi) is 6.45. The first-order valence-corrected chi connectivity index (χ1v) is 11.6. The molecule has 36 heavy (non-hydrogen) atoms. The van der Waals surface area contributed by atoms with E-state index in [1.54, 1.807) is 48.5 Å². The summed E-state index contributed by atoms with van der Waals surface area (Å²) in [5.74, 6) is -0.00771. The van der Waals surface area contributed by atoms with Crippen LogP contribution in [0.3, 0.4) is 0 Å². The topological polar surface area (TPSA) is 85.3 Å². The van der Waals surface area contributed by atoms with Gasteiger partial charge in [0.1, 0.15) is 31.3 Å². The molecule has 5 rings (SSSR count). The van der Waals surface area contributed by atoms with Gasteiger partial charge in [0.15, 0.2) is 11.5 Å². The first-order valence-electron chi connectivity index (χ1n) is 11.6. The number of hydrogen-bond acceptors (Lipinski definition) is 6. The highest BCUT2D eigenvalue weighted by atomic mass is 16.6. The van der Waals surface area contributed by atoms with Crippen molar-refractivity contribution in [1.29, 1.82) is 0 Å². The number of carbonyl (C=O) groups excluding carboxylic acids is 2. The van der Waals surface area contributed by atoms with Gasteiger partial charge < -0.3 is 24.2 Å². The van der Waals surface area contributed by atoms with E-state index in [4.69, 9.17) is 14.2 Å². The number of Topliss-reactive ketones (excluding diaryl/α,β-unsaturated/α-hetero) is 1. The molecule has 2 heterocycles. The third kappa shape index (κ3) is 4.43. The van der Waals surface area contributed by atoms with Crippen molar-refractivity contribution in [2.45, 2.75) is 12.6 Å². The molecule has 182 valence electrons. The molecule has 1 unspecified atom stereocenters. The normalized spacial score (nSPS) is 18.2. The van der Waals surface area contributed by atoms with Crippen molar-refractivity contribution in [3.05, 3.63) is 108 Å². The predicted molar refractivity (Wildman–Crippen MR) is 134 cm³/mol. The van der Waals surface area contributed by atoms with E-state index < -0.39 is 17.7 Å². The summed E-state index contributed by atoms with van der Waals surface area (Å²) in [6.07, 6.45) is 1.65. The van der Waals surface area contributed by atoms with Crippen LogP contribution in [0.5, 0.6) is 17.2 Å². The lowest BCUT2D eigenvalue weighted by molar-refractivity contribution is -0.140. The number of ether oxygens (including phenoxy) is 3. The molecule has 0 aromatic heterocycles. The quantitative estimate of drug-likeness (QED) is 0.228. The van der Waals surface area contributed by atoms with E-state index in [9.17, 15) is 14.7 Å². The number of hydrogen-bond donors (Lipinski definition) is 1. The zero-order valence-corrected chi connectivity index (χ0v) is 19.6. The number of carbonyl (C=O) groups is 2. The summed E-state index contributed by atoms with van der Waals surface area (Å²) >= 11 is 0. The lowest BCUT2D eigenvalue weighted by Gasteiger charge is -2.26. The van der Waals surface area contributed by atoms with Crippen LogP contribution in [-0.2, 0) is 16.1 Å². The minimum Gasteiger partial charge on any atom is -0.507 e. The van der Waals surface area contributed by atoms with Gasteiger partial charge in [0, 0.05) is 12.1 Å². The first kappa shape index (κ1) is 23.2. The second kappa shape index (κ2) is 10.00. The van der Waals surface area contributed by atoms with Crippen LogP contribution in [0, 0.1) is 0 Å². The number of fused-ring (bicyclic) bond motifs is 1. The highest BCUT2D eigenvalue weighted by molar-refractivity contribution is 6.46. The maximum atomic E-state index is 13.3. The fourth-order valence-corrected chi connectivity index (χ4v) is 4.42. The molecule has 3 aromatic carbocycles. The third-order valence-electron chi connectivity index (χ3n) is 6.12. The maximum absolute atomic E-state index is 13.3. The van der Waals surface area contributed by atoms with Gasteiger partial charge >= 0.3 is 0 Å². The van der Waals surface area contributed by atoms with Crippen molar-refractivity contribution in [3.63, 3.8) is 0 Å². The molecule has 0 radical (unpaired) electrons. The fraction of sp³-hybridized carbons (Fsp3) is 0.172. The maximum Gasteiger partial charge on any atom is 0.295 e. The van der Waals surface area contributed by atoms with Crippen molar-refractivity contribution in [2.24, 2.45) is 0 Å². The van der Waals surface area contributed by atoms with E-state index in [-0.39, 0.29) is 17.9 Å². The average molecular weight is 484 g/mol. The molecule has 1 N–H and O–H groups in total. The summed E-state index contributed by atoms with van der Waals surface area (Å²) in [4.78, 5) is 28.0. The molecule has 3 aromatic rings. The van der Waals surface area contributed by atoms with Crippen molar-refractivity contribution in [3.8, 4) is 17.2 Å². The van der Waals surface area contributed by atoms with Gasteiger partial charge in [-0.15, -0.1) is 0 Å². The number of amides is 1. The van der Waals surface area contributed by atoms with Crippen LogP contribution < -0.4 is 14.2 Å². The summed E-state index contributed by atoms with van der Waals surface area (Å²) < 4.78 is 16.8. The van der Waals surface area contributed by atoms with Crippen molar-refractivity contribution < 1.29 is 28.9 Å². The number of nitrogens with zero attached hydrogens (tertiary/aromatic N) is 1. The van der Waals surface area contributed by atoms with Gasteiger partial charge in [0.05, 0.1) is 11.6 Å². The van der Waals surface area contributed by atoms with E-state index in [0.717, 1.165) is 5.56 Å². The molecule has 1 amide bonds. The zero-order chi connectivity index (χ0) is 25.1. The van der Waals surface area contributed by atoms with E-state index in [2.05, 4.69) is 6.58 Å². The van der Waals surface area contributed by atoms with Crippen LogP contribution in [0.25, 0.3) is 5.76 Å². The lowest BCUT2D eigenvalue weighted by atomic mass is 9.95. The van der Waals surface area contributed by atoms with Crippen molar-refractivity contribution in [1.82, 2.24) is 4.90 Å². The van der Waals surface area contributed by atoms with E-state index >= 15 is 0 Å². The Bertz CT molecular complexity index is 1330. The second-order valence-electron chi connectivity index (χ2n) is 8.44. The molecule has 1 atom stereocenters. The SMILES string of the molecule is C=CCOc1ccc(C2/C(=C(/O)c3ccc4c(c3)OCCO4)C(=O)C(=O)N2Cc2ccccc2)cc1. The number of likely N-dealkylation sites (tertiary alicyclic amines) is 1. The Morgan fingerprint density at radius 1 is 1.00 bits per heavy atom. The summed E-state index contributed by atoms with van der Waals surface area (Å²) in [6.45, 7) is 5.05. The van der Waals surface area contributed by atoms with Gasteiger partial charge in [-0.3, -0.25) is 9.59 Å². The second-order valence-corrected chi connectivity index (χ2v) is 8.44. The largest absolute Gasteiger partial charge is 0.507 e. The Labute approximate surface area is 208 Å². The summed E-state index contributed by atoms with van der Waals surface area (Å²) in [7, 11) is 0. The summed E-state index contributed by atoms with van der Waals surface area (Å²) in [6, 6.07) is 20.7. The highest BCUT2D eigenvalue weighted by Gasteiger charge is 2.46. The molecule has 2 aliphatic rings. The standard InChI is InChI=1S/C29H25NO6/c1-2-14-34-22-11-8-20(9-12-22)26-25(27(31)21-10-13-23-24(17-21)36-16-15-35-23)28(32)29(33)30(26)18-19-6-4-3-5-7-19/h2-13,17,26,31H,1,14-16,18H2/b27-25-. The molecular weight excluding hydrogens is 458 g/mol. The zero-order valence-electron chi connectivity index (χ0n) is 19.6. The molecule has 0 aliphatic carbocycles. The number of aliphatic hydroxyl groups is 1. The Balaban J connectivity index is 1.59. The summed E-state index contributed by atoms with van der Waals surface area (Å²) in [5.41, 5.74) is 1.94. The minimum absolute atomic E-state index is 0.0207. The Morgan fingerprint density at radius 3 is 2.44 bits per heavy atom. The van der Waals surface area contributed by atoms with E-state index in [1.165, 1.54) is 4.90 Å². The van der Waals surface area contributed by atoms with Crippen LogP contribution in [0.4, 0.5) is 0 Å². The minimum atomic E-state index is -0.785. The van der Waals surface area contributed by atoms with Crippen LogP contribution in [0.1, 0.15) is 22.7 Å². The number of rotatable bonds is 7. The van der Waals surface area contributed by atoms with Gasteiger partial charge in [-0.25, -0.2) is 0 Å². The first-order chi connectivity index (χ1) is 17.6. The van der Waals surface area contributed by atoms with Crippen molar-refractivity contribution >= 4 is 17.4 Å².